The molecule has 4 aromatic rings. The van der Waals surface area contributed by atoms with Crippen LogP contribution in [0.5, 0.6) is 5.75 Å². The normalized spacial score (nSPS) is 13.5. The number of anilines is 2. The van der Waals surface area contributed by atoms with Crippen LogP contribution >= 0.6 is 0 Å². The van der Waals surface area contributed by atoms with Crippen LogP contribution in [-0.4, -0.2) is 84.6 Å². The van der Waals surface area contributed by atoms with Crippen LogP contribution in [0.15, 0.2) is 60.8 Å². The molecular formula is C37H45N5O6. The van der Waals surface area contributed by atoms with Gasteiger partial charge in [0.05, 0.1) is 25.5 Å². The number of rotatable bonds is 14. The van der Waals surface area contributed by atoms with Gasteiger partial charge in [0.1, 0.15) is 5.75 Å². The van der Waals surface area contributed by atoms with Gasteiger partial charge in [-0.15, -0.1) is 0 Å². The monoisotopic (exact) mass is 655 g/mol. The highest BCUT2D eigenvalue weighted by Gasteiger charge is 2.19. The Morgan fingerprint density at radius 3 is 2.44 bits per heavy atom. The number of nitrogens with one attached hydrogen (secondary N) is 3. The number of H-pyrrole nitrogens is 1. The highest BCUT2D eigenvalue weighted by molar-refractivity contribution is 6.14. The molecule has 1 aromatic heterocycles. The fraction of sp³-hybridized carbons (Fsp3) is 0.378. The number of amides is 3. The van der Waals surface area contributed by atoms with Crippen molar-refractivity contribution in [2.75, 3.05) is 57.6 Å². The van der Waals surface area contributed by atoms with E-state index in [0.29, 0.717) is 57.8 Å². The number of likely N-dealkylation sites (N-methyl/N-ethyl adjacent to an activating group) is 1. The van der Waals surface area contributed by atoms with Crippen molar-refractivity contribution in [2.24, 2.45) is 0 Å². The molecule has 0 saturated carbocycles. The molecule has 2 heterocycles. The molecule has 5 rings (SSSR count). The van der Waals surface area contributed by atoms with Crippen molar-refractivity contribution in [1.29, 1.82) is 0 Å². The molecule has 4 N–H and O–H groups in total. The standard InChI is InChI=1S/C37H45N5O6/c1-25-11-13-31(33(20-25)48-19-6-4-5-10-34(44)42-17-15-41(2)16-18-42)40-36(45)26-12-14-30(27(21-26)24-47-3)39-37(46)29-8-7-9-32-35(29)28(23-43)22-38-32/h7-9,11-14,20-22,38,43H,4-6,10,15-19,23-24H2,1-3H3,(H,39,46)(H,40,45). The Morgan fingerprint density at radius 2 is 1.67 bits per heavy atom. The minimum atomic E-state index is -0.340. The first-order chi connectivity index (χ1) is 23.3. The first-order valence-corrected chi connectivity index (χ1v) is 16.4. The van der Waals surface area contributed by atoms with E-state index in [4.69, 9.17) is 9.47 Å². The number of ether oxygens (including phenoxy) is 2. The van der Waals surface area contributed by atoms with Gasteiger partial charge >= 0.3 is 0 Å². The average Bonchev–Trinajstić information content (AvgIpc) is 3.52. The maximum atomic E-state index is 13.4. The molecule has 3 amide bonds. The molecule has 1 aliphatic heterocycles. The zero-order chi connectivity index (χ0) is 34.0. The minimum Gasteiger partial charge on any atom is -0.491 e. The molecular weight excluding hydrogens is 610 g/mol. The number of aromatic nitrogens is 1. The third kappa shape index (κ3) is 8.60. The Bertz CT molecular complexity index is 1740. The van der Waals surface area contributed by atoms with E-state index in [1.54, 1.807) is 43.6 Å². The lowest BCUT2D eigenvalue weighted by Gasteiger charge is -2.32. The van der Waals surface area contributed by atoms with Crippen LogP contribution in [0.2, 0.25) is 0 Å². The van der Waals surface area contributed by atoms with Crippen LogP contribution in [0.25, 0.3) is 10.9 Å². The number of benzene rings is 3. The van der Waals surface area contributed by atoms with Crippen LogP contribution < -0.4 is 15.4 Å². The number of unbranched alkanes of at least 4 members (excludes halogenated alkanes) is 2. The number of hydrogen-bond donors (Lipinski definition) is 4. The van der Waals surface area contributed by atoms with E-state index in [2.05, 4.69) is 27.6 Å². The Hall–Kier alpha value is -4.71. The van der Waals surface area contributed by atoms with Crippen LogP contribution in [0.1, 0.15) is 63.1 Å². The lowest BCUT2D eigenvalue weighted by molar-refractivity contribution is -0.132. The van der Waals surface area contributed by atoms with Gasteiger partial charge in [0.2, 0.25) is 5.91 Å². The van der Waals surface area contributed by atoms with E-state index >= 15 is 0 Å². The SMILES string of the molecule is COCc1cc(C(=O)Nc2ccc(C)cc2OCCCCCC(=O)N2CCN(C)CC2)ccc1NC(=O)c1cccc2[nH]cc(CO)c12. The molecule has 0 spiro atoms. The zero-order valence-electron chi connectivity index (χ0n) is 27.9. The van der Waals surface area contributed by atoms with E-state index in [1.807, 2.05) is 36.1 Å². The molecule has 0 radical (unpaired) electrons. The smallest absolute Gasteiger partial charge is 0.256 e. The topological polar surface area (TPSA) is 136 Å². The summed E-state index contributed by atoms with van der Waals surface area (Å²) in [6.07, 6.45) is 4.73. The Balaban J connectivity index is 1.18. The van der Waals surface area contributed by atoms with Crippen LogP contribution in [0, 0.1) is 6.92 Å². The molecule has 3 aromatic carbocycles. The van der Waals surface area contributed by atoms with Crippen molar-refractivity contribution in [3.8, 4) is 5.75 Å². The quantitative estimate of drug-likeness (QED) is 0.135. The third-order valence-corrected chi connectivity index (χ3v) is 8.65. The van der Waals surface area contributed by atoms with E-state index in [-0.39, 0.29) is 30.9 Å². The van der Waals surface area contributed by atoms with E-state index < -0.39 is 0 Å². The maximum Gasteiger partial charge on any atom is 0.256 e. The van der Waals surface area contributed by atoms with Crippen molar-refractivity contribution in [3.05, 3.63) is 88.6 Å². The van der Waals surface area contributed by atoms with Gasteiger partial charge in [-0.3, -0.25) is 14.4 Å². The van der Waals surface area contributed by atoms with Crippen LogP contribution in [0.3, 0.4) is 0 Å². The number of carbonyl (C=O) groups excluding carboxylic acids is 3. The average molecular weight is 656 g/mol. The number of nitrogens with zero attached hydrogens (tertiary/aromatic N) is 2. The molecule has 0 unspecified atom stereocenters. The van der Waals surface area contributed by atoms with E-state index in [1.165, 1.54) is 0 Å². The summed E-state index contributed by atoms with van der Waals surface area (Å²) in [5.74, 6) is 0.139. The molecule has 0 atom stereocenters. The fourth-order valence-corrected chi connectivity index (χ4v) is 5.89. The summed E-state index contributed by atoms with van der Waals surface area (Å²) in [7, 11) is 3.63. The first-order valence-electron chi connectivity index (χ1n) is 16.4. The van der Waals surface area contributed by atoms with Crippen molar-refractivity contribution < 1.29 is 29.0 Å². The molecule has 1 saturated heterocycles. The molecule has 48 heavy (non-hydrogen) atoms. The maximum absolute atomic E-state index is 13.4. The number of aliphatic hydroxyl groups is 1. The van der Waals surface area contributed by atoms with Gasteiger partial charge < -0.3 is 40.0 Å². The van der Waals surface area contributed by atoms with E-state index in [0.717, 1.165) is 56.5 Å². The van der Waals surface area contributed by atoms with Gasteiger partial charge in [0, 0.05) is 84.8 Å². The predicted molar refractivity (Wildman–Crippen MR) is 187 cm³/mol. The van der Waals surface area contributed by atoms with Gasteiger partial charge in [-0.2, -0.15) is 0 Å². The Labute approximate surface area is 281 Å². The van der Waals surface area contributed by atoms with Crippen molar-refractivity contribution in [1.82, 2.24) is 14.8 Å². The number of carbonyl (C=O) groups is 3. The summed E-state index contributed by atoms with van der Waals surface area (Å²) < 4.78 is 11.5. The summed E-state index contributed by atoms with van der Waals surface area (Å²) in [4.78, 5) is 46.6. The van der Waals surface area contributed by atoms with Crippen molar-refractivity contribution in [3.63, 3.8) is 0 Å². The highest BCUT2D eigenvalue weighted by Crippen LogP contribution is 2.29. The number of aliphatic hydroxyl groups excluding tert-OH is 1. The number of methoxy groups -OCH3 is 1. The highest BCUT2D eigenvalue weighted by atomic mass is 16.5. The number of piperazine rings is 1. The number of hydrogen-bond acceptors (Lipinski definition) is 7. The van der Waals surface area contributed by atoms with Crippen LogP contribution in [0.4, 0.5) is 11.4 Å². The number of fused-ring (bicyclic) bond motifs is 1. The second-order valence-electron chi connectivity index (χ2n) is 12.3. The number of aryl methyl sites for hydroxylation is 1. The molecule has 1 fully saturated rings. The second kappa shape index (κ2) is 16.4. The van der Waals surface area contributed by atoms with Crippen molar-refractivity contribution >= 4 is 40.0 Å². The molecule has 0 bridgehead atoms. The van der Waals surface area contributed by atoms with Crippen molar-refractivity contribution in [2.45, 2.75) is 45.8 Å². The van der Waals surface area contributed by atoms with Gasteiger partial charge in [-0.25, -0.2) is 0 Å². The third-order valence-electron chi connectivity index (χ3n) is 8.65. The molecule has 11 nitrogen and oxygen atoms in total. The Kier molecular flexibility index (Phi) is 11.8. The molecule has 0 aliphatic carbocycles. The number of aromatic amines is 1. The zero-order valence-corrected chi connectivity index (χ0v) is 27.9. The molecule has 11 heteroatoms. The summed E-state index contributed by atoms with van der Waals surface area (Å²) in [6, 6.07) is 16.0. The van der Waals surface area contributed by atoms with Gasteiger partial charge in [0.15, 0.2) is 0 Å². The lowest BCUT2D eigenvalue weighted by atomic mass is 10.0. The summed E-state index contributed by atoms with van der Waals surface area (Å²) >= 11 is 0. The van der Waals surface area contributed by atoms with Gasteiger partial charge in [0.25, 0.3) is 11.8 Å². The molecule has 1 aliphatic rings. The first kappa shape index (κ1) is 34.6. The minimum absolute atomic E-state index is 0.173. The summed E-state index contributed by atoms with van der Waals surface area (Å²) in [5.41, 5.74) is 4.91. The molecule has 254 valence electrons. The van der Waals surface area contributed by atoms with Crippen LogP contribution in [-0.2, 0) is 22.7 Å². The summed E-state index contributed by atoms with van der Waals surface area (Å²) in [5, 5.41) is 16.3. The summed E-state index contributed by atoms with van der Waals surface area (Å²) in [6.45, 7) is 5.86. The van der Waals surface area contributed by atoms with E-state index in [9.17, 15) is 19.5 Å². The second-order valence-corrected chi connectivity index (χ2v) is 12.3. The van der Waals surface area contributed by atoms with Gasteiger partial charge in [-0.1, -0.05) is 12.1 Å². The lowest BCUT2D eigenvalue weighted by Crippen LogP contribution is -2.47. The van der Waals surface area contributed by atoms with Gasteiger partial charge in [-0.05, 0) is 81.3 Å². The predicted octanol–water partition coefficient (Wildman–Crippen LogP) is 5.33. The fourth-order valence-electron chi connectivity index (χ4n) is 5.89. The largest absolute Gasteiger partial charge is 0.491 e. The Morgan fingerprint density at radius 1 is 0.896 bits per heavy atom.